The lowest BCUT2D eigenvalue weighted by molar-refractivity contribution is -0.137. The van der Waals surface area contributed by atoms with Crippen LogP contribution in [0.4, 0.5) is 24.8 Å². The molecule has 0 atom stereocenters. The zero-order valence-electron chi connectivity index (χ0n) is 17.6. The quantitative estimate of drug-likeness (QED) is 0.521. The molecule has 1 aliphatic heterocycles. The molecule has 32 heavy (non-hydrogen) atoms. The molecule has 1 aliphatic carbocycles. The van der Waals surface area contributed by atoms with E-state index in [9.17, 15) is 13.2 Å². The summed E-state index contributed by atoms with van der Waals surface area (Å²) in [5, 5.41) is 6.10. The molecule has 1 saturated heterocycles. The Balaban J connectivity index is 1.56. The Bertz CT molecular complexity index is 1150. The van der Waals surface area contributed by atoms with Crippen LogP contribution in [0.3, 0.4) is 0 Å². The number of nitrogens with one attached hydrogen (secondary N) is 2. The maximum Gasteiger partial charge on any atom is 0.417 e. The van der Waals surface area contributed by atoms with Gasteiger partial charge in [-0.3, -0.25) is 4.57 Å². The zero-order valence-corrected chi connectivity index (χ0v) is 18.4. The van der Waals surface area contributed by atoms with Crippen molar-refractivity contribution in [2.75, 3.05) is 18.4 Å². The molecule has 170 valence electrons. The number of piperidine rings is 1. The van der Waals surface area contributed by atoms with Gasteiger partial charge in [0.05, 0.1) is 16.8 Å². The van der Waals surface area contributed by atoms with Crippen molar-refractivity contribution in [3.8, 4) is 0 Å². The lowest BCUT2D eigenvalue weighted by Crippen LogP contribution is -2.30. The van der Waals surface area contributed by atoms with Crippen LogP contribution in [0.5, 0.6) is 0 Å². The number of fused-ring (bicyclic) bond motifs is 1. The summed E-state index contributed by atoms with van der Waals surface area (Å²) >= 11 is 5.78. The summed E-state index contributed by atoms with van der Waals surface area (Å²) in [6.45, 7) is 3.95. The number of nitrogens with zero attached hydrogens (tertiary/aromatic N) is 4. The molecule has 10 heteroatoms. The van der Waals surface area contributed by atoms with Gasteiger partial charge in [0.25, 0.3) is 0 Å². The molecule has 0 bridgehead atoms. The first-order chi connectivity index (χ1) is 15.2. The minimum Gasteiger partial charge on any atom is -0.326 e. The van der Waals surface area contributed by atoms with Gasteiger partial charge in [-0.15, -0.1) is 0 Å². The molecule has 5 rings (SSSR count). The van der Waals surface area contributed by atoms with E-state index in [0.717, 1.165) is 49.9 Å². The van der Waals surface area contributed by atoms with Gasteiger partial charge in [0.15, 0.2) is 5.65 Å². The molecule has 3 aromatic rings. The largest absolute Gasteiger partial charge is 0.417 e. The normalized spacial score (nSPS) is 18.8. The number of alkyl halides is 3. The van der Waals surface area contributed by atoms with E-state index in [4.69, 9.17) is 16.6 Å². The third-order valence-electron chi connectivity index (χ3n) is 6.37. The van der Waals surface area contributed by atoms with Crippen molar-refractivity contribution in [1.29, 1.82) is 0 Å². The topological polar surface area (TPSA) is 67.7 Å². The second kappa shape index (κ2) is 7.88. The number of benzene rings is 1. The maximum absolute atomic E-state index is 13.3. The van der Waals surface area contributed by atoms with E-state index in [0.29, 0.717) is 11.5 Å². The number of hydrogen-bond acceptors (Lipinski definition) is 5. The molecule has 6 nitrogen and oxygen atoms in total. The van der Waals surface area contributed by atoms with Crippen molar-refractivity contribution in [1.82, 2.24) is 24.8 Å². The number of imidazole rings is 1. The third kappa shape index (κ3) is 4.28. The number of aromatic nitrogens is 4. The van der Waals surface area contributed by atoms with Crippen LogP contribution >= 0.6 is 11.6 Å². The molecule has 1 aromatic carbocycles. The number of halogens is 4. The van der Waals surface area contributed by atoms with Crippen LogP contribution in [0.2, 0.25) is 5.02 Å². The summed E-state index contributed by atoms with van der Waals surface area (Å²) in [7, 11) is 0. The van der Waals surface area contributed by atoms with Gasteiger partial charge in [-0.1, -0.05) is 18.5 Å². The number of anilines is 2. The van der Waals surface area contributed by atoms with Crippen molar-refractivity contribution in [3.05, 3.63) is 40.8 Å². The average Bonchev–Trinajstić information content (AvgIpc) is 3.36. The highest BCUT2D eigenvalue weighted by Crippen LogP contribution is 2.47. The Labute approximate surface area is 188 Å². The fourth-order valence-electron chi connectivity index (χ4n) is 4.23. The van der Waals surface area contributed by atoms with E-state index < -0.39 is 11.7 Å². The van der Waals surface area contributed by atoms with Crippen LogP contribution < -0.4 is 10.6 Å². The highest BCUT2D eigenvalue weighted by Gasteiger charge is 2.38. The standard InChI is InChI=1S/C22H24ClF3N6/c1-21(6-7-21)11-18-28-12-17-19(31-18)32(14-4-8-27-9-5-14)20(30-17)29-13-2-3-16(23)15(10-13)22(24,25)26/h2-3,10,12,14,27H,4-9,11H2,1H3,(H,29,30). The monoisotopic (exact) mass is 464 g/mol. The Morgan fingerprint density at radius 3 is 2.66 bits per heavy atom. The van der Waals surface area contributed by atoms with Gasteiger partial charge in [0, 0.05) is 18.2 Å². The molecular formula is C22H24ClF3N6. The fourth-order valence-corrected chi connectivity index (χ4v) is 4.46. The summed E-state index contributed by atoms with van der Waals surface area (Å²) in [4.78, 5) is 14.0. The Kier molecular flexibility index (Phi) is 5.28. The summed E-state index contributed by atoms with van der Waals surface area (Å²) in [6.07, 6.45) is 2.10. The molecule has 0 spiro atoms. The number of hydrogen-bond donors (Lipinski definition) is 2. The molecule has 2 aromatic heterocycles. The van der Waals surface area contributed by atoms with Crippen molar-refractivity contribution in [2.45, 2.75) is 51.2 Å². The fraction of sp³-hybridized carbons (Fsp3) is 0.500. The van der Waals surface area contributed by atoms with Gasteiger partial charge in [-0.05, 0) is 62.4 Å². The first kappa shape index (κ1) is 21.5. The van der Waals surface area contributed by atoms with Gasteiger partial charge in [-0.25, -0.2) is 15.0 Å². The SMILES string of the molecule is CC1(Cc2ncc3nc(Nc4ccc(Cl)c(C(F)(F)F)c4)n(C4CCNCC4)c3n2)CC1. The highest BCUT2D eigenvalue weighted by atomic mass is 35.5. The average molecular weight is 465 g/mol. The Morgan fingerprint density at radius 2 is 1.97 bits per heavy atom. The predicted molar refractivity (Wildman–Crippen MR) is 117 cm³/mol. The molecule has 0 amide bonds. The second-order valence-corrected chi connectivity index (χ2v) is 9.49. The third-order valence-corrected chi connectivity index (χ3v) is 6.70. The van der Waals surface area contributed by atoms with Crippen LogP contribution in [0, 0.1) is 5.41 Å². The minimum absolute atomic E-state index is 0.136. The molecule has 2 aliphatic rings. The summed E-state index contributed by atoms with van der Waals surface area (Å²) < 4.78 is 42.0. The van der Waals surface area contributed by atoms with E-state index >= 15 is 0 Å². The van der Waals surface area contributed by atoms with Crippen LogP contribution in [0.15, 0.2) is 24.4 Å². The van der Waals surface area contributed by atoms with E-state index in [2.05, 4.69) is 27.5 Å². The first-order valence-electron chi connectivity index (χ1n) is 10.8. The maximum atomic E-state index is 13.3. The molecule has 0 unspecified atom stereocenters. The zero-order chi connectivity index (χ0) is 22.5. The smallest absolute Gasteiger partial charge is 0.326 e. The lowest BCUT2D eigenvalue weighted by Gasteiger charge is -2.26. The molecule has 3 heterocycles. The molecule has 0 radical (unpaired) electrons. The van der Waals surface area contributed by atoms with Crippen LogP contribution in [0.25, 0.3) is 11.2 Å². The van der Waals surface area contributed by atoms with Crippen LogP contribution in [0.1, 0.15) is 50.0 Å². The highest BCUT2D eigenvalue weighted by molar-refractivity contribution is 6.31. The van der Waals surface area contributed by atoms with Gasteiger partial charge >= 0.3 is 6.18 Å². The van der Waals surface area contributed by atoms with Crippen LogP contribution in [-0.2, 0) is 12.6 Å². The summed E-state index contributed by atoms with van der Waals surface area (Å²) in [6, 6.07) is 3.92. The second-order valence-electron chi connectivity index (χ2n) is 9.09. The van der Waals surface area contributed by atoms with E-state index in [1.54, 1.807) is 6.20 Å². The van der Waals surface area contributed by atoms with Crippen molar-refractivity contribution >= 4 is 34.4 Å². The van der Waals surface area contributed by atoms with Gasteiger partial charge in [0.1, 0.15) is 11.3 Å². The molecular weight excluding hydrogens is 441 g/mol. The van der Waals surface area contributed by atoms with Crippen molar-refractivity contribution in [2.24, 2.45) is 5.41 Å². The Hall–Kier alpha value is -2.39. The number of rotatable bonds is 5. The van der Waals surface area contributed by atoms with Crippen LogP contribution in [-0.4, -0.2) is 32.6 Å². The van der Waals surface area contributed by atoms with Gasteiger partial charge in [-0.2, -0.15) is 13.2 Å². The lowest BCUT2D eigenvalue weighted by atomic mass is 10.1. The molecule has 2 fully saturated rings. The first-order valence-corrected chi connectivity index (χ1v) is 11.2. The van der Waals surface area contributed by atoms with E-state index in [-0.39, 0.29) is 22.2 Å². The van der Waals surface area contributed by atoms with Gasteiger partial charge < -0.3 is 10.6 Å². The predicted octanol–water partition coefficient (Wildman–Crippen LogP) is 5.51. The summed E-state index contributed by atoms with van der Waals surface area (Å²) in [5.74, 6) is 1.25. The molecule has 2 N–H and O–H groups in total. The van der Waals surface area contributed by atoms with E-state index in [1.165, 1.54) is 25.0 Å². The van der Waals surface area contributed by atoms with E-state index in [1.807, 2.05) is 4.57 Å². The van der Waals surface area contributed by atoms with Crippen molar-refractivity contribution in [3.63, 3.8) is 0 Å². The van der Waals surface area contributed by atoms with Gasteiger partial charge in [0.2, 0.25) is 5.95 Å². The summed E-state index contributed by atoms with van der Waals surface area (Å²) in [5.41, 5.74) is 1.00. The molecule has 1 saturated carbocycles. The minimum atomic E-state index is -4.54. The van der Waals surface area contributed by atoms with Crippen molar-refractivity contribution < 1.29 is 13.2 Å². The Morgan fingerprint density at radius 1 is 1.22 bits per heavy atom.